The minimum Gasteiger partial charge on any atom is -0.314 e. The maximum Gasteiger partial charge on any atom is 0.132 e. The van der Waals surface area contributed by atoms with Gasteiger partial charge in [0.05, 0.1) is 0 Å². The van der Waals surface area contributed by atoms with Gasteiger partial charge in [-0.15, -0.1) is 0 Å². The number of fused-ring (bicyclic) bond motifs is 1. The molecule has 3 nitrogen and oxygen atoms in total. The van der Waals surface area contributed by atoms with Crippen LogP contribution in [0.3, 0.4) is 0 Å². The highest BCUT2D eigenvalue weighted by atomic mass is 14.9. The van der Waals surface area contributed by atoms with E-state index in [9.17, 15) is 0 Å². The SMILES string of the molecule is Cc1nc(C2CC2(C)C)nc2c1CC(CNC(C)C)CC2. The van der Waals surface area contributed by atoms with Gasteiger partial charge in [0.25, 0.3) is 0 Å². The van der Waals surface area contributed by atoms with Crippen LogP contribution < -0.4 is 5.32 Å². The predicted molar refractivity (Wildman–Crippen MR) is 86.6 cm³/mol. The van der Waals surface area contributed by atoms with Gasteiger partial charge < -0.3 is 5.32 Å². The summed E-state index contributed by atoms with van der Waals surface area (Å²) < 4.78 is 0. The molecule has 2 aliphatic carbocycles. The van der Waals surface area contributed by atoms with Crippen LogP contribution in [0.5, 0.6) is 0 Å². The van der Waals surface area contributed by atoms with E-state index in [1.54, 1.807) is 0 Å². The van der Waals surface area contributed by atoms with Crippen molar-refractivity contribution in [3.05, 3.63) is 22.8 Å². The van der Waals surface area contributed by atoms with E-state index in [2.05, 4.69) is 39.9 Å². The molecular weight excluding hydrogens is 258 g/mol. The summed E-state index contributed by atoms with van der Waals surface area (Å²) in [5.74, 6) is 2.43. The highest BCUT2D eigenvalue weighted by molar-refractivity contribution is 5.30. The standard InChI is InChI=1S/C18H29N3/c1-11(2)19-10-13-6-7-16-14(8-13)12(3)20-17(21-16)15-9-18(15,4)5/h11,13,15,19H,6-10H2,1-5H3. The summed E-state index contributed by atoms with van der Waals surface area (Å²) in [4.78, 5) is 9.77. The van der Waals surface area contributed by atoms with E-state index in [1.165, 1.54) is 29.8 Å². The minimum atomic E-state index is 0.416. The Labute approximate surface area is 129 Å². The fourth-order valence-corrected chi connectivity index (χ4v) is 3.52. The molecular formula is C18H29N3. The molecule has 0 bridgehead atoms. The maximum atomic E-state index is 4.93. The van der Waals surface area contributed by atoms with Crippen molar-refractivity contribution in [1.29, 1.82) is 0 Å². The normalized spacial score (nSPS) is 26.8. The van der Waals surface area contributed by atoms with Gasteiger partial charge in [0, 0.05) is 23.3 Å². The molecule has 1 aromatic heterocycles. The Morgan fingerprint density at radius 2 is 2.00 bits per heavy atom. The summed E-state index contributed by atoms with van der Waals surface area (Å²) >= 11 is 0. The highest BCUT2D eigenvalue weighted by Gasteiger charge is 2.48. The molecule has 1 saturated carbocycles. The summed E-state index contributed by atoms with van der Waals surface area (Å²) in [5, 5.41) is 3.58. The first-order valence-electron chi connectivity index (χ1n) is 8.46. The lowest BCUT2D eigenvalue weighted by Crippen LogP contribution is -2.32. The molecule has 1 N–H and O–H groups in total. The number of rotatable bonds is 4. The number of hydrogen-bond donors (Lipinski definition) is 1. The van der Waals surface area contributed by atoms with Crippen LogP contribution in [0.2, 0.25) is 0 Å². The van der Waals surface area contributed by atoms with Crippen molar-refractivity contribution >= 4 is 0 Å². The van der Waals surface area contributed by atoms with Gasteiger partial charge in [0.2, 0.25) is 0 Å². The molecule has 2 aliphatic rings. The summed E-state index contributed by atoms with van der Waals surface area (Å²) in [6.07, 6.45) is 4.78. The van der Waals surface area contributed by atoms with E-state index in [4.69, 9.17) is 9.97 Å². The molecule has 0 amide bonds. The summed E-state index contributed by atoms with van der Waals surface area (Å²) in [5.41, 5.74) is 4.41. The predicted octanol–water partition coefficient (Wildman–Crippen LogP) is 3.40. The molecule has 0 spiro atoms. The molecule has 116 valence electrons. The van der Waals surface area contributed by atoms with Crippen molar-refractivity contribution in [1.82, 2.24) is 15.3 Å². The van der Waals surface area contributed by atoms with Crippen LogP contribution in [-0.4, -0.2) is 22.6 Å². The van der Waals surface area contributed by atoms with Gasteiger partial charge in [-0.1, -0.05) is 27.7 Å². The average molecular weight is 287 g/mol. The van der Waals surface area contributed by atoms with E-state index in [-0.39, 0.29) is 0 Å². The third-order valence-corrected chi connectivity index (χ3v) is 5.24. The minimum absolute atomic E-state index is 0.416. The van der Waals surface area contributed by atoms with Gasteiger partial charge >= 0.3 is 0 Å². The molecule has 2 unspecified atom stereocenters. The molecule has 2 atom stereocenters. The maximum absolute atomic E-state index is 4.93. The Kier molecular flexibility index (Phi) is 3.81. The molecule has 1 aromatic rings. The first-order chi connectivity index (χ1) is 9.87. The van der Waals surface area contributed by atoms with Crippen LogP contribution in [0.4, 0.5) is 0 Å². The zero-order valence-electron chi connectivity index (χ0n) is 14.2. The molecule has 1 heterocycles. The second-order valence-electron chi connectivity index (χ2n) is 8.01. The van der Waals surface area contributed by atoms with Crippen LogP contribution in [0.1, 0.15) is 69.2 Å². The van der Waals surface area contributed by atoms with E-state index in [1.807, 2.05) is 0 Å². The first-order valence-corrected chi connectivity index (χ1v) is 8.46. The van der Waals surface area contributed by atoms with Crippen LogP contribution in [0, 0.1) is 18.3 Å². The summed E-state index contributed by atoms with van der Waals surface area (Å²) in [6, 6.07) is 0.572. The smallest absolute Gasteiger partial charge is 0.132 e. The summed E-state index contributed by atoms with van der Waals surface area (Å²) in [7, 11) is 0. The van der Waals surface area contributed by atoms with Crippen molar-refractivity contribution in [3.63, 3.8) is 0 Å². The number of hydrogen-bond acceptors (Lipinski definition) is 3. The summed E-state index contributed by atoms with van der Waals surface area (Å²) in [6.45, 7) is 12.4. The Hall–Kier alpha value is -0.960. The second kappa shape index (κ2) is 5.35. The average Bonchev–Trinajstić information content (AvgIpc) is 3.05. The van der Waals surface area contributed by atoms with Gasteiger partial charge in [-0.25, -0.2) is 9.97 Å². The topological polar surface area (TPSA) is 37.8 Å². The quantitative estimate of drug-likeness (QED) is 0.922. The lowest BCUT2D eigenvalue weighted by atomic mass is 9.85. The monoisotopic (exact) mass is 287 g/mol. The number of aryl methyl sites for hydroxylation is 2. The Balaban J connectivity index is 1.75. The molecule has 0 radical (unpaired) electrons. The number of nitrogens with one attached hydrogen (secondary N) is 1. The van der Waals surface area contributed by atoms with E-state index in [0.717, 1.165) is 31.1 Å². The molecule has 21 heavy (non-hydrogen) atoms. The Morgan fingerprint density at radius 1 is 1.29 bits per heavy atom. The van der Waals surface area contributed by atoms with E-state index < -0.39 is 0 Å². The first kappa shape index (κ1) is 15.0. The second-order valence-corrected chi connectivity index (χ2v) is 8.01. The van der Waals surface area contributed by atoms with E-state index >= 15 is 0 Å². The Bertz CT molecular complexity index is 534. The third kappa shape index (κ3) is 3.13. The molecule has 3 heteroatoms. The van der Waals surface area contributed by atoms with Crippen molar-refractivity contribution < 1.29 is 0 Å². The van der Waals surface area contributed by atoms with Crippen molar-refractivity contribution in [3.8, 4) is 0 Å². The lowest BCUT2D eigenvalue weighted by molar-refractivity contribution is 0.400. The molecule has 0 aliphatic heterocycles. The van der Waals surface area contributed by atoms with Crippen LogP contribution in [-0.2, 0) is 12.8 Å². The lowest BCUT2D eigenvalue weighted by Gasteiger charge is -2.26. The highest BCUT2D eigenvalue weighted by Crippen LogP contribution is 2.57. The van der Waals surface area contributed by atoms with Gasteiger partial charge in [-0.2, -0.15) is 0 Å². The van der Waals surface area contributed by atoms with Gasteiger partial charge in [-0.05, 0) is 56.0 Å². The van der Waals surface area contributed by atoms with Gasteiger partial charge in [0.15, 0.2) is 0 Å². The van der Waals surface area contributed by atoms with Crippen molar-refractivity contribution in [2.45, 2.75) is 72.3 Å². The fraction of sp³-hybridized carbons (Fsp3) is 0.778. The van der Waals surface area contributed by atoms with Crippen LogP contribution in [0.15, 0.2) is 0 Å². The van der Waals surface area contributed by atoms with E-state index in [0.29, 0.717) is 17.4 Å². The number of nitrogens with zero attached hydrogens (tertiary/aromatic N) is 2. The van der Waals surface area contributed by atoms with Crippen LogP contribution >= 0.6 is 0 Å². The van der Waals surface area contributed by atoms with Gasteiger partial charge in [0.1, 0.15) is 5.82 Å². The molecule has 0 saturated heterocycles. The zero-order chi connectivity index (χ0) is 15.2. The van der Waals surface area contributed by atoms with Crippen molar-refractivity contribution in [2.75, 3.05) is 6.54 Å². The molecule has 0 aromatic carbocycles. The molecule has 1 fully saturated rings. The van der Waals surface area contributed by atoms with Gasteiger partial charge in [-0.3, -0.25) is 0 Å². The third-order valence-electron chi connectivity index (χ3n) is 5.24. The molecule has 3 rings (SSSR count). The van der Waals surface area contributed by atoms with Crippen molar-refractivity contribution in [2.24, 2.45) is 11.3 Å². The zero-order valence-corrected chi connectivity index (χ0v) is 14.2. The number of aromatic nitrogens is 2. The fourth-order valence-electron chi connectivity index (χ4n) is 3.52. The van der Waals surface area contributed by atoms with Crippen LogP contribution in [0.25, 0.3) is 0 Å². The Morgan fingerprint density at radius 3 is 2.62 bits per heavy atom. The largest absolute Gasteiger partial charge is 0.314 e.